The minimum Gasteiger partial charge on any atom is -0.463 e. The number of hydrogen-bond acceptors (Lipinski definition) is 7. The Bertz CT molecular complexity index is 1130. The van der Waals surface area contributed by atoms with Crippen molar-refractivity contribution in [3.05, 3.63) is 91.8 Å². The Kier molecular flexibility index (Phi) is 6.04. The molecule has 0 fully saturated rings. The number of esters is 1. The van der Waals surface area contributed by atoms with Crippen molar-refractivity contribution >= 4 is 29.0 Å². The first-order chi connectivity index (χ1) is 14.4. The van der Waals surface area contributed by atoms with Crippen LogP contribution in [0.4, 0.5) is 5.69 Å². The largest absolute Gasteiger partial charge is 0.463 e. The van der Waals surface area contributed by atoms with Crippen LogP contribution in [0.25, 0.3) is 5.76 Å². The summed E-state index contributed by atoms with van der Waals surface area (Å²) in [7, 11) is 0. The van der Waals surface area contributed by atoms with Gasteiger partial charge in [-0.25, -0.2) is 4.79 Å². The summed E-state index contributed by atoms with van der Waals surface area (Å²) < 4.78 is 10.8. The minimum absolute atomic E-state index is 0.0136. The molecule has 0 radical (unpaired) electrons. The lowest BCUT2D eigenvalue weighted by Crippen LogP contribution is -2.26. The van der Waals surface area contributed by atoms with E-state index in [1.165, 1.54) is 24.3 Å². The second-order valence-electron chi connectivity index (χ2n) is 6.22. The van der Waals surface area contributed by atoms with E-state index < -0.39 is 16.8 Å². The second kappa shape index (κ2) is 8.68. The molecule has 1 aliphatic rings. The average Bonchev–Trinajstić information content (AvgIpc) is 2.73. The van der Waals surface area contributed by atoms with Gasteiger partial charge >= 0.3 is 5.97 Å². The molecule has 30 heavy (non-hydrogen) atoms. The molecule has 0 saturated carbocycles. The van der Waals surface area contributed by atoms with Gasteiger partial charge in [0.05, 0.1) is 23.0 Å². The minimum atomic E-state index is -0.967. The number of nitro benzene ring substituents is 1. The molecule has 0 saturated heterocycles. The predicted molar refractivity (Wildman–Crippen MR) is 109 cm³/mol. The molecular formula is C21H16ClN3O5. The molecule has 0 aliphatic carbocycles. The van der Waals surface area contributed by atoms with Gasteiger partial charge in [0.25, 0.3) is 5.69 Å². The number of hydrogen-bond donors (Lipinski definition) is 1. The standard InChI is InChI=1S/C21H16ClN3O5/c1-2-29-21(26)18-17(14-8-3-4-9-16(14)22)15(11-23)20(24)30-19(18)12-6-5-7-13(10-12)25(27)28/h3-10,17H,2,24H2,1H3. The van der Waals surface area contributed by atoms with Crippen molar-refractivity contribution in [1.29, 1.82) is 5.26 Å². The van der Waals surface area contributed by atoms with Gasteiger partial charge in [0.15, 0.2) is 0 Å². The van der Waals surface area contributed by atoms with E-state index in [2.05, 4.69) is 0 Å². The van der Waals surface area contributed by atoms with Crippen molar-refractivity contribution in [3.8, 4) is 6.07 Å². The predicted octanol–water partition coefficient (Wildman–Crippen LogP) is 4.03. The first kappa shape index (κ1) is 20.9. The summed E-state index contributed by atoms with van der Waals surface area (Å²) >= 11 is 6.36. The normalized spacial score (nSPS) is 16.0. The van der Waals surface area contributed by atoms with Crippen LogP contribution in [0, 0.1) is 21.4 Å². The Labute approximate surface area is 176 Å². The molecule has 3 rings (SSSR count). The van der Waals surface area contributed by atoms with E-state index in [1.54, 1.807) is 31.2 Å². The van der Waals surface area contributed by atoms with Gasteiger partial charge in [0.1, 0.15) is 17.4 Å². The zero-order valence-electron chi connectivity index (χ0n) is 15.8. The Morgan fingerprint density at radius 1 is 1.33 bits per heavy atom. The van der Waals surface area contributed by atoms with Gasteiger partial charge in [-0.1, -0.05) is 41.9 Å². The van der Waals surface area contributed by atoms with Crippen LogP contribution in [0.1, 0.15) is 24.0 Å². The van der Waals surface area contributed by atoms with Gasteiger partial charge in [-0.2, -0.15) is 5.26 Å². The van der Waals surface area contributed by atoms with E-state index in [1.807, 2.05) is 6.07 Å². The highest BCUT2D eigenvalue weighted by Gasteiger charge is 2.39. The highest BCUT2D eigenvalue weighted by atomic mass is 35.5. The Morgan fingerprint density at radius 3 is 2.70 bits per heavy atom. The molecule has 0 spiro atoms. The van der Waals surface area contributed by atoms with Crippen LogP contribution in [-0.4, -0.2) is 17.5 Å². The van der Waals surface area contributed by atoms with E-state index in [9.17, 15) is 20.2 Å². The molecule has 9 heteroatoms. The monoisotopic (exact) mass is 425 g/mol. The molecule has 2 aromatic rings. The van der Waals surface area contributed by atoms with Crippen molar-refractivity contribution < 1.29 is 19.2 Å². The molecule has 1 aliphatic heterocycles. The van der Waals surface area contributed by atoms with Crippen LogP contribution in [0.3, 0.4) is 0 Å². The lowest BCUT2D eigenvalue weighted by molar-refractivity contribution is -0.384. The van der Waals surface area contributed by atoms with E-state index >= 15 is 0 Å². The third kappa shape index (κ3) is 3.83. The fourth-order valence-corrected chi connectivity index (χ4v) is 3.42. The number of non-ortho nitro benzene ring substituents is 1. The summed E-state index contributed by atoms with van der Waals surface area (Å²) in [4.78, 5) is 23.6. The first-order valence-corrected chi connectivity index (χ1v) is 9.25. The fraction of sp³-hybridized carbons (Fsp3) is 0.143. The van der Waals surface area contributed by atoms with Gasteiger partial charge in [-0.3, -0.25) is 10.1 Å². The number of allylic oxidation sites excluding steroid dienone is 1. The third-order valence-electron chi connectivity index (χ3n) is 4.45. The zero-order valence-corrected chi connectivity index (χ0v) is 16.6. The van der Waals surface area contributed by atoms with Gasteiger partial charge in [-0.15, -0.1) is 0 Å². The Balaban J connectivity index is 2.33. The molecule has 2 N–H and O–H groups in total. The average molecular weight is 426 g/mol. The number of benzene rings is 2. The molecule has 2 aromatic carbocycles. The lowest BCUT2D eigenvalue weighted by Gasteiger charge is -2.28. The summed E-state index contributed by atoms with van der Waals surface area (Å²) in [5.74, 6) is -1.97. The number of halogens is 1. The molecule has 152 valence electrons. The number of carbonyl (C=O) groups is 1. The number of nitrogens with two attached hydrogens (primary N) is 1. The fourth-order valence-electron chi connectivity index (χ4n) is 3.17. The quantitative estimate of drug-likeness (QED) is 0.435. The van der Waals surface area contributed by atoms with Gasteiger partial charge in [0, 0.05) is 22.7 Å². The number of nitriles is 1. The topological polar surface area (TPSA) is 128 Å². The highest BCUT2D eigenvalue weighted by Crippen LogP contribution is 2.44. The van der Waals surface area contributed by atoms with Crippen molar-refractivity contribution in [3.63, 3.8) is 0 Å². The van der Waals surface area contributed by atoms with E-state index in [0.29, 0.717) is 10.6 Å². The highest BCUT2D eigenvalue weighted by molar-refractivity contribution is 6.31. The molecule has 1 heterocycles. The molecule has 0 aromatic heterocycles. The lowest BCUT2D eigenvalue weighted by atomic mass is 9.82. The maximum atomic E-state index is 13.0. The molecule has 1 unspecified atom stereocenters. The van der Waals surface area contributed by atoms with Gasteiger partial charge in [0.2, 0.25) is 5.88 Å². The van der Waals surface area contributed by atoms with Crippen LogP contribution in [-0.2, 0) is 14.3 Å². The summed E-state index contributed by atoms with van der Waals surface area (Å²) in [6, 6.07) is 14.2. The first-order valence-electron chi connectivity index (χ1n) is 8.87. The zero-order chi connectivity index (χ0) is 21.8. The van der Waals surface area contributed by atoms with Crippen LogP contribution < -0.4 is 5.73 Å². The van der Waals surface area contributed by atoms with E-state index in [4.69, 9.17) is 26.8 Å². The van der Waals surface area contributed by atoms with E-state index in [-0.39, 0.29) is 40.6 Å². The Morgan fingerprint density at radius 2 is 2.07 bits per heavy atom. The van der Waals surface area contributed by atoms with Crippen LogP contribution in [0.15, 0.2) is 65.6 Å². The van der Waals surface area contributed by atoms with Crippen LogP contribution >= 0.6 is 11.6 Å². The SMILES string of the molecule is CCOC(=O)C1=C(c2cccc([N+](=O)[O-])c2)OC(N)=C(C#N)C1c1ccccc1Cl. The summed E-state index contributed by atoms with van der Waals surface area (Å²) in [5.41, 5.74) is 6.46. The number of rotatable bonds is 5. The molecular weight excluding hydrogens is 410 g/mol. The molecule has 0 bridgehead atoms. The molecule has 1 atom stereocenters. The van der Waals surface area contributed by atoms with Crippen molar-refractivity contribution in [1.82, 2.24) is 0 Å². The summed E-state index contributed by atoms with van der Waals surface area (Å²) in [6.45, 7) is 1.70. The number of ether oxygens (including phenoxy) is 2. The third-order valence-corrected chi connectivity index (χ3v) is 4.79. The van der Waals surface area contributed by atoms with Crippen molar-refractivity contribution in [2.24, 2.45) is 5.73 Å². The van der Waals surface area contributed by atoms with Crippen molar-refractivity contribution in [2.75, 3.05) is 6.61 Å². The van der Waals surface area contributed by atoms with Gasteiger partial charge < -0.3 is 15.2 Å². The molecule has 0 amide bonds. The van der Waals surface area contributed by atoms with Crippen LogP contribution in [0.5, 0.6) is 0 Å². The number of carbonyl (C=O) groups excluding carboxylic acids is 1. The number of nitrogens with zero attached hydrogens (tertiary/aromatic N) is 2. The number of nitro groups is 1. The summed E-state index contributed by atoms with van der Waals surface area (Å²) in [5, 5.41) is 21.2. The maximum absolute atomic E-state index is 13.0. The smallest absolute Gasteiger partial charge is 0.338 e. The van der Waals surface area contributed by atoms with Crippen LogP contribution in [0.2, 0.25) is 5.02 Å². The van der Waals surface area contributed by atoms with E-state index in [0.717, 1.165) is 0 Å². The maximum Gasteiger partial charge on any atom is 0.338 e. The molecule has 8 nitrogen and oxygen atoms in total. The second-order valence-corrected chi connectivity index (χ2v) is 6.62. The van der Waals surface area contributed by atoms with Crippen molar-refractivity contribution in [2.45, 2.75) is 12.8 Å². The Hall–Kier alpha value is -3.83. The summed E-state index contributed by atoms with van der Waals surface area (Å²) in [6.07, 6.45) is 0. The van der Waals surface area contributed by atoms with Gasteiger partial charge in [-0.05, 0) is 18.6 Å².